The number of carbonyl (C=O) groups is 1. The molecule has 1 aromatic carbocycles. The van der Waals surface area contributed by atoms with Gasteiger partial charge in [0.1, 0.15) is 0 Å². The fraction of sp³-hybridized carbons (Fsp3) is 0.533. The molecule has 0 bridgehead atoms. The lowest BCUT2D eigenvalue weighted by molar-refractivity contribution is -0.157. The van der Waals surface area contributed by atoms with Crippen LogP contribution in [0.1, 0.15) is 25.8 Å². The lowest BCUT2D eigenvalue weighted by Gasteiger charge is -2.25. The van der Waals surface area contributed by atoms with Crippen LogP contribution in [0.2, 0.25) is 0 Å². The number of benzene rings is 1. The Bertz CT molecular complexity index is 435. The van der Waals surface area contributed by atoms with E-state index in [9.17, 15) is 13.6 Å². The second-order valence-electron chi connectivity index (χ2n) is 5.36. The van der Waals surface area contributed by atoms with Crippen LogP contribution in [0.25, 0.3) is 0 Å². The summed E-state index contributed by atoms with van der Waals surface area (Å²) in [5.41, 5.74) is 5.57. The predicted molar refractivity (Wildman–Crippen MR) is 75.4 cm³/mol. The molecule has 0 heterocycles. The average Bonchev–Trinajstić information content (AvgIpc) is 2.44. The lowest BCUT2D eigenvalue weighted by atomic mass is 10.0. The van der Waals surface area contributed by atoms with Crippen LogP contribution in [-0.4, -0.2) is 30.4 Å². The summed E-state index contributed by atoms with van der Waals surface area (Å²) in [5, 5.41) is 0. The first-order valence-electron chi connectivity index (χ1n) is 6.71. The molecule has 0 aliphatic heterocycles. The monoisotopic (exact) mass is 284 g/mol. The first-order valence-corrected chi connectivity index (χ1v) is 6.71. The highest BCUT2D eigenvalue weighted by Gasteiger charge is 2.42. The van der Waals surface area contributed by atoms with Gasteiger partial charge >= 0.3 is 5.92 Å². The maximum atomic E-state index is 14.1. The van der Waals surface area contributed by atoms with E-state index in [2.05, 4.69) is 0 Å². The second-order valence-corrected chi connectivity index (χ2v) is 5.36. The molecule has 0 fully saturated rings. The summed E-state index contributed by atoms with van der Waals surface area (Å²) in [6.07, 6.45) is 0.505. The number of nitrogens with two attached hydrogens (primary N) is 1. The van der Waals surface area contributed by atoms with E-state index in [1.54, 1.807) is 6.07 Å². The van der Waals surface area contributed by atoms with E-state index in [0.717, 1.165) is 4.90 Å². The Morgan fingerprint density at radius 3 is 2.35 bits per heavy atom. The first-order chi connectivity index (χ1) is 9.26. The number of halogens is 2. The standard InChI is InChI=1S/C15H22F2N2O/c1-11(2)13(18)9-10-19(3)14(20)15(16,17)12-7-5-4-6-8-12/h4-8,11,13H,9-10,18H2,1-3H3. The molecule has 0 aliphatic rings. The van der Waals surface area contributed by atoms with Crippen LogP contribution in [0, 0.1) is 5.92 Å². The van der Waals surface area contributed by atoms with Gasteiger partial charge < -0.3 is 10.6 Å². The number of amides is 1. The van der Waals surface area contributed by atoms with Gasteiger partial charge in [-0.1, -0.05) is 44.2 Å². The van der Waals surface area contributed by atoms with Crippen LogP contribution in [0.5, 0.6) is 0 Å². The van der Waals surface area contributed by atoms with Crippen LogP contribution in [0.4, 0.5) is 8.78 Å². The molecule has 0 saturated carbocycles. The third kappa shape index (κ3) is 4.00. The molecule has 5 heteroatoms. The Hall–Kier alpha value is -1.49. The van der Waals surface area contributed by atoms with Gasteiger partial charge in [-0.3, -0.25) is 4.79 Å². The zero-order valence-corrected chi connectivity index (χ0v) is 12.1. The molecule has 0 aliphatic carbocycles. The van der Waals surface area contributed by atoms with Gasteiger partial charge in [0.25, 0.3) is 5.91 Å². The van der Waals surface area contributed by atoms with Crippen molar-refractivity contribution in [1.29, 1.82) is 0 Å². The number of rotatable bonds is 6. The summed E-state index contributed by atoms with van der Waals surface area (Å²) in [6, 6.07) is 7.03. The van der Waals surface area contributed by atoms with Gasteiger partial charge in [-0.25, -0.2) is 0 Å². The minimum absolute atomic E-state index is 0.101. The SMILES string of the molecule is CC(C)C(N)CCN(C)C(=O)C(F)(F)c1ccccc1. The van der Waals surface area contributed by atoms with Crippen LogP contribution in [-0.2, 0) is 10.7 Å². The minimum Gasteiger partial charge on any atom is -0.340 e. The Kier molecular flexibility index (Phi) is 5.62. The first kappa shape index (κ1) is 16.6. The Labute approximate surface area is 118 Å². The summed E-state index contributed by atoms with van der Waals surface area (Å²) < 4.78 is 28.1. The molecule has 1 unspecified atom stereocenters. The number of alkyl halides is 2. The molecule has 1 atom stereocenters. The summed E-state index contributed by atoms with van der Waals surface area (Å²) >= 11 is 0. The maximum Gasteiger partial charge on any atom is 0.349 e. The molecule has 0 radical (unpaired) electrons. The Balaban J connectivity index is 2.69. The quantitative estimate of drug-likeness (QED) is 0.873. The fourth-order valence-electron chi connectivity index (χ4n) is 1.79. The molecular formula is C15H22F2N2O. The van der Waals surface area contributed by atoms with Crippen molar-refractivity contribution in [3.8, 4) is 0 Å². The molecule has 20 heavy (non-hydrogen) atoms. The molecule has 0 saturated heterocycles. The summed E-state index contributed by atoms with van der Waals surface area (Å²) in [6.45, 7) is 4.15. The molecule has 1 aromatic rings. The topological polar surface area (TPSA) is 46.3 Å². The van der Waals surface area contributed by atoms with Crippen molar-refractivity contribution in [2.75, 3.05) is 13.6 Å². The molecule has 3 nitrogen and oxygen atoms in total. The highest BCUT2D eigenvalue weighted by Crippen LogP contribution is 2.29. The van der Waals surface area contributed by atoms with E-state index in [1.807, 2.05) is 13.8 Å². The molecule has 1 rings (SSSR count). The van der Waals surface area contributed by atoms with Gasteiger partial charge in [0.05, 0.1) is 0 Å². The number of nitrogens with zero attached hydrogens (tertiary/aromatic N) is 1. The highest BCUT2D eigenvalue weighted by molar-refractivity contribution is 5.84. The van der Waals surface area contributed by atoms with Crippen LogP contribution in [0.15, 0.2) is 30.3 Å². The molecule has 0 aromatic heterocycles. The third-order valence-electron chi connectivity index (χ3n) is 3.41. The summed E-state index contributed by atoms with van der Waals surface area (Å²) in [7, 11) is 1.38. The lowest BCUT2D eigenvalue weighted by Crippen LogP contribution is -2.42. The van der Waals surface area contributed by atoms with Gasteiger partial charge in [-0.15, -0.1) is 0 Å². The summed E-state index contributed by atoms with van der Waals surface area (Å²) in [4.78, 5) is 12.9. The zero-order chi connectivity index (χ0) is 15.3. The van der Waals surface area contributed by atoms with Crippen molar-refractivity contribution >= 4 is 5.91 Å². The number of likely N-dealkylation sites (N-methyl/N-ethyl adjacent to an activating group) is 1. The van der Waals surface area contributed by atoms with Crippen molar-refractivity contribution in [1.82, 2.24) is 4.90 Å². The third-order valence-corrected chi connectivity index (χ3v) is 3.41. The molecule has 2 N–H and O–H groups in total. The van der Waals surface area contributed by atoms with Crippen molar-refractivity contribution in [3.63, 3.8) is 0 Å². The van der Waals surface area contributed by atoms with Crippen molar-refractivity contribution in [3.05, 3.63) is 35.9 Å². The second kappa shape index (κ2) is 6.79. The number of hydrogen-bond donors (Lipinski definition) is 1. The van der Waals surface area contributed by atoms with Crippen molar-refractivity contribution in [2.45, 2.75) is 32.2 Å². The maximum absolute atomic E-state index is 14.1. The highest BCUT2D eigenvalue weighted by atomic mass is 19.3. The normalized spacial score (nSPS) is 13.3. The Morgan fingerprint density at radius 2 is 1.85 bits per heavy atom. The number of hydrogen-bond acceptors (Lipinski definition) is 2. The van der Waals surface area contributed by atoms with Gasteiger partial charge in [0.2, 0.25) is 0 Å². The van der Waals surface area contributed by atoms with E-state index in [0.29, 0.717) is 6.42 Å². The predicted octanol–water partition coefficient (Wildman–Crippen LogP) is 2.61. The molecular weight excluding hydrogens is 262 g/mol. The van der Waals surface area contributed by atoms with E-state index >= 15 is 0 Å². The minimum atomic E-state index is -3.50. The van der Waals surface area contributed by atoms with Gasteiger partial charge in [0.15, 0.2) is 0 Å². The van der Waals surface area contributed by atoms with E-state index < -0.39 is 11.8 Å². The zero-order valence-electron chi connectivity index (χ0n) is 12.1. The largest absolute Gasteiger partial charge is 0.349 e. The molecule has 0 spiro atoms. The summed E-state index contributed by atoms with van der Waals surface area (Å²) in [5.74, 6) is -4.44. The molecule has 112 valence electrons. The smallest absolute Gasteiger partial charge is 0.340 e. The van der Waals surface area contributed by atoms with E-state index in [-0.39, 0.29) is 24.1 Å². The van der Waals surface area contributed by atoms with Gasteiger partial charge in [-0.05, 0) is 12.3 Å². The van der Waals surface area contributed by atoms with Gasteiger partial charge in [-0.2, -0.15) is 8.78 Å². The van der Waals surface area contributed by atoms with E-state index in [1.165, 1.54) is 31.3 Å². The average molecular weight is 284 g/mol. The fourth-order valence-corrected chi connectivity index (χ4v) is 1.79. The molecule has 1 amide bonds. The van der Waals surface area contributed by atoms with Crippen LogP contribution >= 0.6 is 0 Å². The van der Waals surface area contributed by atoms with Crippen LogP contribution in [0.3, 0.4) is 0 Å². The van der Waals surface area contributed by atoms with E-state index in [4.69, 9.17) is 5.73 Å². The van der Waals surface area contributed by atoms with Gasteiger partial charge in [0, 0.05) is 25.2 Å². The van der Waals surface area contributed by atoms with Crippen LogP contribution < -0.4 is 5.73 Å². The Morgan fingerprint density at radius 1 is 1.30 bits per heavy atom. The number of carbonyl (C=O) groups excluding carboxylic acids is 1. The van der Waals surface area contributed by atoms with Crippen molar-refractivity contribution < 1.29 is 13.6 Å². The van der Waals surface area contributed by atoms with Crippen molar-refractivity contribution in [2.24, 2.45) is 11.7 Å².